The van der Waals surface area contributed by atoms with Crippen molar-refractivity contribution in [2.24, 2.45) is 0 Å². The zero-order valence-electron chi connectivity index (χ0n) is 14.5. The number of anilines is 2. The molecule has 2 heterocycles. The molecule has 0 saturated heterocycles. The van der Waals surface area contributed by atoms with Crippen molar-refractivity contribution in [2.75, 3.05) is 17.4 Å². The van der Waals surface area contributed by atoms with E-state index in [2.05, 4.69) is 62.9 Å². The quantitative estimate of drug-likeness (QED) is 0.576. The lowest BCUT2D eigenvalue weighted by Crippen LogP contribution is -2.19. The molecule has 138 valence electrons. The van der Waals surface area contributed by atoms with Crippen LogP contribution in [0.3, 0.4) is 0 Å². The van der Waals surface area contributed by atoms with Crippen molar-refractivity contribution in [1.82, 2.24) is 9.78 Å². The molecule has 4 rings (SSSR count). The number of ether oxygens (including phenoxy) is 2. The van der Waals surface area contributed by atoms with Gasteiger partial charge in [-0.1, -0.05) is 29.8 Å². The summed E-state index contributed by atoms with van der Waals surface area (Å²) in [6, 6.07) is 14.0. The molecule has 0 spiro atoms. The molecule has 1 aliphatic rings. The first-order chi connectivity index (χ1) is 13.1. The molecule has 0 atom stereocenters. The van der Waals surface area contributed by atoms with Crippen LogP contribution in [0.25, 0.3) is 0 Å². The molecule has 3 aromatic rings. The Bertz CT molecular complexity index is 988. The summed E-state index contributed by atoms with van der Waals surface area (Å²) in [5.41, 5.74) is 3.23. The minimum absolute atomic E-state index is 0.243. The van der Waals surface area contributed by atoms with Crippen molar-refractivity contribution in [3.05, 3.63) is 64.3 Å². The fourth-order valence-electron chi connectivity index (χ4n) is 2.69. The number of rotatable bonds is 4. The third kappa shape index (κ3) is 4.23. The number of hydrogen-bond donors (Lipinski definition) is 2. The monoisotopic (exact) mass is 444 g/mol. The van der Waals surface area contributed by atoms with Crippen molar-refractivity contribution in [3.8, 4) is 11.5 Å². The molecular formula is C19H17BrN4O2S. The molecule has 0 saturated carbocycles. The maximum Gasteiger partial charge on any atom is 0.231 e. The number of aromatic nitrogens is 2. The van der Waals surface area contributed by atoms with Crippen molar-refractivity contribution >= 4 is 44.8 Å². The van der Waals surface area contributed by atoms with Gasteiger partial charge in [0.15, 0.2) is 22.4 Å². The minimum Gasteiger partial charge on any atom is -0.454 e. The van der Waals surface area contributed by atoms with Crippen LogP contribution in [0.5, 0.6) is 11.5 Å². The van der Waals surface area contributed by atoms with Crippen LogP contribution in [-0.4, -0.2) is 21.7 Å². The molecule has 0 radical (unpaired) electrons. The molecule has 2 aromatic carbocycles. The van der Waals surface area contributed by atoms with Gasteiger partial charge in [-0.25, -0.2) is 0 Å². The first kappa shape index (κ1) is 17.8. The van der Waals surface area contributed by atoms with Gasteiger partial charge in [-0.2, -0.15) is 5.10 Å². The van der Waals surface area contributed by atoms with Crippen LogP contribution in [0.2, 0.25) is 0 Å². The van der Waals surface area contributed by atoms with Crippen LogP contribution in [-0.2, 0) is 6.54 Å². The Morgan fingerprint density at radius 3 is 2.74 bits per heavy atom. The van der Waals surface area contributed by atoms with Gasteiger partial charge >= 0.3 is 0 Å². The molecule has 0 unspecified atom stereocenters. The minimum atomic E-state index is 0.243. The lowest BCUT2D eigenvalue weighted by molar-refractivity contribution is 0.174. The highest BCUT2D eigenvalue weighted by atomic mass is 79.9. The average molecular weight is 445 g/mol. The fourth-order valence-corrected chi connectivity index (χ4v) is 3.32. The van der Waals surface area contributed by atoms with Crippen molar-refractivity contribution < 1.29 is 9.47 Å². The summed E-state index contributed by atoms with van der Waals surface area (Å²) < 4.78 is 13.4. The smallest absolute Gasteiger partial charge is 0.231 e. The van der Waals surface area contributed by atoms with E-state index >= 15 is 0 Å². The largest absolute Gasteiger partial charge is 0.454 e. The van der Waals surface area contributed by atoms with Gasteiger partial charge in [-0.3, -0.25) is 4.68 Å². The third-order valence-corrected chi connectivity index (χ3v) is 4.83. The van der Waals surface area contributed by atoms with E-state index in [1.54, 1.807) is 0 Å². The van der Waals surface area contributed by atoms with E-state index in [0.29, 0.717) is 23.2 Å². The molecule has 0 aliphatic carbocycles. The first-order valence-electron chi connectivity index (χ1n) is 8.33. The Morgan fingerprint density at radius 1 is 1.15 bits per heavy atom. The van der Waals surface area contributed by atoms with Gasteiger partial charge in [0.25, 0.3) is 0 Å². The van der Waals surface area contributed by atoms with Gasteiger partial charge in [-0.15, -0.1) is 0 Å². The Morgan fingerprint density at radius 2 is 1.93 bits per heavy atom. The van der Waals surface area contributed by atoms with Crippen molar-refractivity contribution in [1.29, 1.82) is 0 Å². The predicted molar refractivity (Wildman–Crippen MR) is 113 cm³/mol. The topological polar surface area (TPSA) is 60.3 Å². The summed E-state index contributed by atoms with van der Waals surface area (Å²) in [5, 5.41) is 11.2. The molecule has 6 nitrogen and oxygen atoms in total. The van der Waals surface area contributed by atoms with E-state index in [-0.39, 0.29) is 6.79 Å². The molecular weight excluding hydrogens is 428 g/mol. The second-order valence-electron chi connectivity index (χ2n) is 6.16. The third-order valence-electron chi connectivity index (χ3n) is 4.04. The standard InChI is InChI=1S/C19H17BrN4O2S/c1-12-2-4-13(5-3-12)9-24-10-15(20)18(23-24)22-19(27)21-14-6-7-16-17(8-14)26-11-25-16/h2-8,10H,9,11H2,1H3,(H2,21,22,23,27). The number of hydrogen-bond acceptors (Lipinski definition) is 4. The maximum atomic E-state index is 5.39. The number of benzene rings is 2. The fraction of sp³-hybridized carbons (Fsp3) is 0.158. The highest BCUT2D eigenvalue weighted by Gasteiger charge is 2.14. The summed E-state index contributed by atoms with van der Waals surface area (Å²) in [7, 11) is 0. The van der Waals surface area contributed by atoms with E-state index in [9.17, 15) is 0 Å². The molecule has 8 heteroatoms. The SMILES string of the molecule is Cc1ccc(Cn2cc(Br)c(NC(=S)Nc3ccc4c(c3)OCO4)n2)cc1. The van der Waals surface area contributed by atoms with Crippen LogP contribution in [0.1, 0.15) is 11.1 Å². The highest BCUT2D eigenvalue weighted by molar-refractivity contribution is 9.10. The Hall–Kier alpha value is -2.58. The number of thiocarbonyl (C=S) groups is 1. The van der Waals surface area contributed by atoms with Crippen LogP contribution in [0.15, 0.2) is 53.1 Å². The van der Waals surface area contributed by atoms with Gasteiger partial charge < -0.3 is 20.1 Å². The van der Waals surface area contributed by atoms with Gasteiger partial charge in [0.1, 0.15) is 0 Å². The summed E-state index contributed by atoms with van der Waals surface area (Å²) in [6.45, 7) is 3.00. The highest BCUT2D eigenvalue weighted by Crippen LogP contribution is 2.34. The molecule has 2 N–H and O–H groups in total. The van der Waals surface area contributed by atoms with Crippen LogP contribution in [0.4, 0.5) is 11.5 Å². The molecule has 0 fully saturated rings. The molecule has 0 amide bonds. The van der Waals surface area contributed by atoms with Crippen LogP contribution < -0.4 is 20.1 Å². The second-order valence-corrected chi connectivity index (χ2v) is 7.42. The zero-order chi connectivity index (χ0) is 18.8. The van der Waals surface area contributed by atoms with E-state index in [1.807, 2.05) is 29.1 Å². The number of halogens is 1. The zero-order valence-corrected chi connectivity index (χ0v) is 16.9. The summed E-state index contributed by atoms with van der Waals surface area (Å²) in [5.74, 6) is 2.09. The van der Waals surface area contributed by atoms with Gasteiger partial charge in [-0.05, 0) is 52.8 Å². The van der Waals surface area contributed by atoms with Gasteiger partial charge in [0.2, 0.25) is 6.79 Å². The Kier molecular flexibility index (Phi) is 5.00. The average Bonchev–Trinajstić information content (AvgIpc) is 3.23. The van der Waals surface area contributed by atoms with Gasteiger partial charge in [0, 0.05) is 18.0 Å². The molecule has 27 heavy (non-hydrogen) atoms. The number of fused-ring (bicyclic) bond motifs is 1. The van der Waals surface area contributed by atoms with E-state index in [0.717, 1.165) is 15.9 Å². The van der Waals surface area contributed by atoms with Crippen molar-refractivity contribution in [3.63, 3.8) is 0 Å². The first-order valence-corrected chi connectivity index (χ1v) is 9.53. The molecule has 1 aromatic heterocycles. The summed E-state index contributed by atoms with van der Waals surface area (Å²) >= 11 is 8.92. The normalized spacial score (nSPS) is 12.1. The lowest BCUT2D eigenvalue weighted by atomic mass is 10.1. The second kappa shape index (κ2) is 7.58. The number of nitrogens with one attached hydrogen (secondary N) is 2. The Labute approximate surface area is 170 Å². The van der Waals surface area contributed by atoms with E-state index in [1.165, 1.54) is 11.1 Å². The van der Waals surface area contributed by atoms with Crippen LogP contribution in [0, 0.1) is 6.92 Å². The van der Waals surface area contributed by atoms with Crippen LogP contribution >= 0.6 is 28.1 Å². The molecule has 0 bridgehead atoms. The van der Waals surface area contributed by atoms with Crippen molar-refractivity contribution in [2.45, 2.75) is 13.5 Å². The summed E-state index contributed by atoms with van der Waals surface area (Å²) in [6.07, 6.45) is 1.92. The maximum absolute atomic E-state index is 5.39. The molecule has 1 aliphatic heterocycles. The number of aryl methyl sites for hydroxylation is 1. The van der Waals surface area contributed by atoms with E-state index < -0.39 is 0 Å². The predicted octanol–water partition coefficient (Wildman–Crippen LogP) is 4.54. The van der Waals surface area contributed by atoms with Gasteiger partial charge in [0.05, 0.1) is 11.0 Å². The lowest BCUT2D eigenvalue weighted by Gasteiger charge is -2.09. The Balaban J connectivity index is 1.41. The summed E-state index contributed by atoms with van der Waals surface area (Å²) in [4.78, 5) is 0. The number of nitrogens with zero attached hydrogens (tertiary/aromatic N) is 2. The van der Waals surface area contributed by atoms with E-state index in [4.69, 9.17) is 21.7 Å².